The van der Waals surface area contributed by atoms with Crippen molar-refractivity contribution in [3.63, 3.8) is 0 Å². The molecule has 1 aliphatic heterocycles. The Morgan fingerprint density at radius 1 is 1.07 bits per heavy atom. The van der Waals surface area contributed by atoms with Gasteiger partial charge in [0.1, 0.15) is 17.8 Å². The number of benzene rings is 2. The van der Waals surface area contributed by atoms with Gasteiger partial charge in [0.05, 0.1) is 18.1 Å². The highest BCUT2D eigenvalue weighted by atomic mass is 16.5. The van der Waals surface area contributed by atoms with Gasteiger partial charge in [-0.15, -0.1) is 0 Å². The van der Waals surface area contributed by atoms with Gasteiger partial charge in [0.25, 0.3) is 0 Å². The van der Waals surface area contributed by atoms with Gasteiger partial charge in [0.2, 0.25) is 0 Å². The molecule has 142 valence electrons. The van der Waals surface area contributed by atoms with Crippen molar-refractivity contribution in [3.8, 4) is 0 Å². The third-order valence-electron chi connectivity index (χ3n) is 5.27. The quantitative estimate of drug-likeness (QED) is 0.561. The fraction of sp³-hybridized carbons (Fsp3) is 0.273. The first-order valence-corrected chi connectivity index (χ1v) is 9.70. The minimum atomic E-state index is 0.132. The zero-order valence-corrected chi connectivity index (χ0v) is 15.6. The van der Waals surface area contributed by atoms with Gasteiger partial charge in [-0.1, -0.05) is 48.5 Å². The van der Waals surface area contributed by atoms with E-state index in [0.29, 0.717) is 0 Å². The molecule has 1 unspecified atom stereocenters. The van der Waals surface area contributed by atoms with E-state index in [9.17, 15) is 0 Å². The van der Waals surface area contributed by atoms with Gasteiger partial charge < -0.3 is 15.0 Å². The molecule has 6 heteroatoms. The number of anilines is 1. The van der Waals surface area contributed by atoms with Crippen LogP contribution in [0.1, 0.15) is 5.56 Å². The number of morpholine rings is 1. The van der Waals surface area contributed by atoms with E-state index >= 15 is 0 Å². The second-order valence-corrected chi connectivity index (χ2v) is 7.21. The molecule has 1 atom stereocenters. The van der Waals surface area contributed by atoms with Crippen LogP contribution in [-0.4, -0.2) is 52.2 Å². The molecule has 6 nitrogen and oxygen atoms in total. The Morgan fingerprint density at radius 2 is 1.93 bits per heavy atom. The molecule has 0 aliphatic carbocycles. The first-order valence-electron chi connectivity index (χ1n) is 9.70. The predicted octanol–water partition coefficient (Wildman–Crippen LogP) is 3.42. The summed E-state index contributed by atoms with van der Waals surface area (Å²) in [5.41, 5.74) is 3.27. The number of para-hydroxylation sites is 1. The van der Waals surface area contributed by atoms with Crippen LogP contribution in [0.15, 0.2) is 60.9 Å². The molecule has 2 aromatic carbocycles. The van der Waals surface area contributed by atoms with Crippen LogP contribution in [0.3, 0.4) is 0 Å². The molecule has 1 saturated heterocycles. The first kappa shape index (κ1) is 17.2. The molecule has 4 aromatic rings. The number of aromatic nitrogens is 3. The molecule has 28 heavy (non-hydrogen) atoms. The van der Waals surface area contributed by atoms with Crippen molar-refractivity contribution >= 4 is 27.8 Å². The van der Waals surface area contributed by atoms with Gasteiger partial charge in [-0.2, -0.15) is 0 Å². The lowest BCUT2D eigenvalue weighted by atomic mass is 10.2. The second-order valence-electron chi connectivity index (χ2n) is 7.21. The maximum Gasteiger partial charge on any atom is 0.143 e. The van der Waals surface area contributed by atoms with Crippen molar-refractivity contribution < 1.29 is 4.74 Å². The van der Waals surface area contributed by atoms with E-state index < -0.39 is 0 Å². The number of fused-ring (bicyclic) bond motifs is 3. The van der Waals surface area contributed by atoms with E-state index in [-0.39, 0.29) is 6.10 Å². The normalized spacial score (nSPS) is 17.9. The number of hydrogen-bond acceptors (Lipinski definition) is 5. The lowest BCUT2D eigenvalue weighted by Gasteiger charge is -2.33. The van der Waals surface area contributed by atoms with Gasteiger partial charge in [0, 0.05) is 37.1 Å². The van der Waals surface area contributed by atoms with Crippen LogP contribution in [-0.2, 0) is 11.3 Å². The molecular weight excluding hydrogens is 350 g/mol. The monoisotopic (exact) mass is 373 g/mol. The van der Waals surface area contributed by atoms with Crippen LogP contribution in [0.5, 0.6) is 0 Å². The lowest BCUT2D eigenvalue weighted by Crippen LogP contribution is -2.44. The summed E-state index contributed by atoms with van der Waals surface area (Å²) in [7, 11) is 0. The molecule has 1 aliphatic rings. The summed E-state index contributed by atoms with van der Waals surface area (Å²) < 4.78 is 5.99. The largest absolute Gasteiger partial charge is 0.374 e. The standard InChI is InChI=1S/C22H23N5O/c1-2-6-16(7-3-1)13-27-10-11-28-17(14-27)12-23-21-20-18-8-4-5-9-19(18)26-22(20)25-15-24-21/h1-9,15,17H,10-14H2,(H2,23,24,25,26). The van der Waals surface area contributed by atoms with Crippen LogP contribution >= 0.6 is 0 Å². The summed E-state index contributed by atoms with van der Waals surface area (Å²) >= 11 is 0. The third kappa shape index (κ3) is 3.44. The van der Waals surface area contributed by atoms with Crippen molar-refractivity contribution in [2.45, 2.75) is 12.6 Å². The molecule has 2 N–H and O–H groups in total. The van der Waals surface area contributed by atoms with E-state index in [1.807, 2.05) is 12.1 Å². The lowest BCUT2D eigenvalue weighted by molar-refractivity contribution is -0.0240. The van der Waals surface area contributed by atoms with E-state index in [4.69, 9.17) is 4.74 Å². The molecule has 0 bridgehead atoms. The smallest absolute Gasteiger partial charge is 0.143 e. The van der Waals surface area contributed by atoms with Crippen LogP contribution < -0.4 is 5.32 Å². The molecule has 0 saturated carbocycles. The van der Waals surface area contributed by atoms with Gasteiger partial charge in [-0.05, 0) is 11.6 Å². The molecular formula is C22H23N5O. The van der Waals surface area contributed by atoms with E-state index in [0.717, 1.165) is 60.5 Å². The summed E-state index contributed by atoms with van der Waals surface area (Å²) in [6.07, 6.45) is 1.73. The number of hydrogen-bond donors (Lipinski definition) is 2. The summed E-state index contributed by atoms with van der Waals surface area (Å²) in [5, 5.41) is 5.67. The summed E-state index contributed by atoms with van der Waals surface area (Å²) in [6, 6.07) is 18.8. The molecule has 2 aromatic heterocycles. The van der Waals surface area contributed by atoms with Crippen molar-refractivity contribution in [3.05, 3.63) is 66.5 Å². The Hall–Kier alpha value is -2.96. The topological polar surface area (TPSA) is 66.1 Å². The summed E-state index contributed by atoms with van der Waals surface area (Å²) in [4.78, 5) is 14.7. The van der Waals surface area contributed by atoms with E-state index in [1.165, 1.54) is 5.56 Å². The SMILES string of the molecule is c1ccc(CN2CCOC(CNc3ncnc4[nH]c5ccccc5c34)C2)cc1. The Morgan fingerprint density at radius 3 is 2.86 bits per heavy atom. The minimum Gasteiger partial charge on any atom is -0.374 e. The fourth-order valence-electron chi connectivity index (χ4n) is 3.91. The fourth-order valence-corrected chi connectivity index (χ4v) is 3.91. The zero-order valence-electron chi connectivity index (χ0n) is 15.6. The molecule has 0 amide bonds. The minimum absolute atomic E-state index is 0.132. The van der Waals surface area contributed by atoms with Crippen LogP contribution in [0.2, 0.25) is 0 Å². The number of rotatable bonds is 5. The average Bonchev–Trinajstić information content (AvgIpc) is 3.12. The van der Waals surface area contributed by atoms with Crippen molar-refractivity contribution in [2.75, 3.05) is 31.6 Å². The van der Waals surface area contributed by atoms with Crippen LogP contribution in [0.4, 0.5) is 5.82 Å². The number of ether oxygens (including phenoxy) is 1. The van der Waals surface area contributed by atoms with Crippen molar-refractivity contribution in [1.29, 1.82) is 0 Å². The highest BCUT2D eigenvalue weighted by molar-refractivity contribution is 6.10. The predicted molar refractivity (Wildman–Crippen MR) is 111 cm³/mol. The van der Waals surface area contributed by atoms with E-state index in [2.05, 4.69) is 67.6 Å². The summed E-state index contributed by atoms with van der Waals surface area (Å²) in [5.74, 6) is 0.853. The van der Waals surface area contributed by atoms with Crippen molar-refractivity contribution in [2.24, 2.45) is 0 Å². The molecule has 3 heterocycles. The summed E-state index contributed by atoms with van der Waals surface area (Å²) in [6.45, 7) is 4.30. The average molecular weight is 373 g/mol. The van der Waals surface area contributed by atoms with Gasteiger partial charge >= 0.3 is 0 Å². The Labute approximate surface area is 163 Å². The molecule has 0 spiro atoms. The second kappa shape index (κ2) is 7.58. The number of nitrogens with one attached hydrogen (secondary N) is 2. The Bertz CT molecular complexity index is 1080. The number of aromatic amines is 1. The molecule has 0 radical (unpaired) electrons. The highest BCUT2D eigenvalue weighted by Gasteiger charge is 2.21. The zero-order chi connectivity index (χ0) is 18.8. The number of nitrogens with zero attached hydrogens (tertiary/aromatic N) is 3. The maximum absolute atomic E-state index is 5.99. The maximum atomic E-state index is 5.99. The van der Waals surface area contributed by atoms with E-state index in [1.54, 1.807) is 6.33 Å². The third-order valence-corrected chi connectivity index (χ3v) is 5.27. The van der Waals surface area contributed by atoms with Gasteiger partial charge in [-0.3, -0.25) is 4.90 Å². The van der Waals surface area contributed by atoms with Gasteiger partial charge in [0.15, 0.2) is 0 Å². The van der Waals surface area contributed by atoms with Crippen molar-refractivity contribution in [1.82, 2.24) is 19.9 Å². The Kier molecular flexibility index (Phi) is 4.64. The number of H-pyrrole nitrogens is 1. The van der Waals surface area contributed by atoms with Crippen LogP contribution in [0, 0.1) is 0 Å². The first-order chi connectivity index (χ1) is 13.9. The van der Waals surface area contributed by atoms with Crippen LogP contribution in [0.25, 0.3) is 21.9 Å². The molecule has 5 rings (SSSR count). The molecule has 1 fully saturated rings. The van der Waals surface area contributed by atoms with Gasteiger partial charge in [-0.25, -0.2) is 9.97 Å². The Balaban J connectivity index is 1.29. The highest BCUT2D eigenvalue weighted by Crippen LogP contribution is 2.28.